The van der Waals surface area contributed by atoms with Crippen molar-refractivity contribution in [2.45, 2.75) is 19.4 Å². The first kappa shape index (κ1) is 15.2. The molecule has 2 nitrogen and oxygen atoms in total. The summed E-state index contributed by atoms with van der Waals surface area (Å²) in [7, 11) is 0. The van der Waals surface area contributed by atoms with E-state index in [1.54, 1.807) is 24.4 Å². The summed E-state index contributed by atoms with van der Waals surface area (Å²) in [6, 6.07) is 6.50. The number of nitrogens with zero attached hydrogens (tertiary/aromatic N) is 1. The minimum atomic E-state index is -0.381. The molecule has 1 unspecified atom stereocenters. The molecule has 1 aromatic heterocycles. The number of aromatic nitrogens is 1. The van der Waals surface area contributed by atoms with Gasteiger partial charge in [-0.15, -0.1) is 0 Å². The lowest BCUT2D eigenvalue weighted by Crippen LogP contribution is -2.24. The number of rotatable bonds is 5. The quantitative estimate of drug-likeness (QED) is 0.871. The van der Waals surface area contributed by atoms with Crippen molar-refractivity contribution >= 4 is 23.2 Å². The molecule has 1 N–H and O–H groups in total. The van der Waals surface area contributed by atoms with Gasteiger partial charge in [0, 0.05) is 21.8 Å². The third-order valence-electron chi connectivity index (χ3n) is 2.95. The van der Waals surface area contributed by atoms with E-state index >= 15 is 0 Å². The molecule has 1 aromatic carbocycles. The van der Waals surface area contributed by atoms with Crippen LogP contribution >= 0.6 is 23.2 Å². The van der Waals surface area contributed by atoms with E-state index in [0.29, 0.717) is 15.6 Å². The van der Waals surface area contributed by atoms with Crippen molar-refractivity contribution in [3.05, 3.63) is 63.6 Å². The van der Waals surface area contributed by atoms with Gasteiger partial charge in [0.25, 0.3) is 0 Å². The molecule has 106 valence electrons. The predicted octanol–water partition coefficient (Wildman–Crippen LogP) is 4.62. The zero-order valence-corrected chi connectivity index (χ0v) is 12.5. The molecule has 0 saturated heterocycles. The van der Waals surface area contributed by atoms with Crippen LogP contribution in [0.2, 0.25) is 10.0 Å². The summed E-state index contributed by atoms with van der Waals surface area (Å²) < 4.78 is 13.4. The number of pyridine rings is 1. The van der Waals surface area contributed by atoms with Crippen molar-refractivity contribution < 1.29 is 4.39 Å². The van der Waals surface area contributed by atoms with Crippen LogP contribution in [0.3, 0.4) is 0 Å². The Hall–Kier alpha value is -1.16. The fourth-order valence-corrected chi connectivity index (χ4v) is 2.66. The van der Waals surface area contributed by atoms with E-state index in [1.165, 1.54) is 12.3 Å². The lowest BCUT2D eigenvalue weighted by Gasteiger charge is -2.21. The molecule has 2 rings (SSSR count). The Morgan fingerprint density at radius 3 is 2.55 bits per heavy atom. The normalized spacial score (nSPS) is 12.4. The van der Waals surface area contributed by atoms with E-state index in [4.69, 9.17) is 23.2 Å². The summed E-state index contributed by atoms with van der Waals surface area (Å²) in [5.74, 6) is -0.381. The number of halogens is 3. The maximum absolute atomic E-state index is 13.4. The second-order valence-electron chi connectivity index (χ2n) is 4.46. The van der Waals surface area contributed by atoms with Gasteiger partial charge in [-0.05, 0) is 36.7 Å². The van der Waals surface area contributed by atoms with Crippen molar-refractivity contribution in [1.29, 1.82) is 0 Å². The Balaban J connectivity index is 2.47. The minimum absolute atomic E-state index is 0.278. The van der Waals surface area contributed by atoms with E-state index in [2.05, 4.69) is 17.2 Å². The summed E-state index contributed by atoms with van der Waals surface area (Å²) in [5.41, 5.74) is 1.45. The van der Waals surface area contributed by atoms with E-state index in [-0.39, 0.29) is 11.9 Å². The zero-order chi connectivity index (χ0) is 14.5. The summed E-state index contributed by atoms with van der Waals surface area (Å²) in [4.78, 5) is 3.90. The van der Waals surface area contributed by atoms with Crippen LogP contribution in [0.15, 0.2) is 36.7 Å². The zero-order valence-electron chi connectivity index (χ0n) is 11.0. The highest BCUT2D eigenvalue weighted by Crippen LogP contribution is 2.34. The first-order valence-corrected chi connectivity index (χ1v) is 7.16. The standard InChI is InChI=1S/C15H15Cl2FN2/c1-2-6-20-15(10-7-11(18)9-19-8-10)14-12(16)4-3-5-13(14)17/h3-5,7-9,15,20H,2,6H2,1H3. The lowest BCUT2D eigenvalue weighted by molar-refractivity contribution is 0.580. The van der Waals surface area contributed by atoms with E-state index in [1.807, 2.05) is 0 Å². The van der Waals surface area contributed by atoms with Crippen molar-refractivity contribution in [1.82, 2.24) is 10.3 Å². The molecule has 0 radical (unpaired) electrons. The first-order chi connectivity index (χ1) is 9.63. The van der Waals surface area contributed by atoms with E-state index < -0.39 is 0 Å². The molecular weight excluding hydrogens is 298 g/mol. The van der Waals surface area contributed by atoms with Gasteiger partial charge in [0.1, 0.15) is 5.82 Å². The molecule has 0 spiro atoms. The van der Waals surface area contributed by atoms with Gasteiger partial charge in [-0.25, -0.2) is 4.39 Å². The molecular formula is C15H15Cl2FN2. The molecule has 20 heavy (non-hydrogen) atoms. The molecule has 1 atom stereocenters. The smallest absolute Gasteiger partial charge is 0.141 e. The fraction of sp³-hybridized carbons (Fsp3) is 0.267. The summed E-state index contributed by atoms with van der Waals surface area (Å²) >= 11 is 12.5. The highest BCUT2D eigenvalue weighted by atomic mass is 35.5. The Labute approximate surface area is 127 Å². The first-order valence-electron chi connectivity index (χ1n) is 6.41. The SMILES string of the molecule is CCCNC(c1cncc(F)c1)c1c(Cl)cccc1Cl. The second kappa shape index (κ2) is 7.02. The Kier molecular flexibility index (Phi) is 5.35. The molecule has 2 aromatic rings. The Morgan fingerprint density at radius 2 is 1.95 bits per heavy atom. The number of hydrogen-bond donors (Lipinski definition) is 1. The third kappa shape index (κ3) is 3.48. The van der Waals surface area contributed by atoms with E-state index in [9.17, 15) is 4.39 Å². The lowest BCUT2D eigenvalue weighted by atomic mass is 9.99. The molecule has 0 aliphatic heterocycles. The van der Waals surface area contributed by atoms with Crippen LogP contribution in [0.1, 0.15) is 30.5 Å². The van der Waals surface area contributed by atoms with Gasteiger partial charge in [0.05, 0.1) is 12.2 Å². The monoisotopic (exact) mass is 312 g/mol. The van der Waals surface area contributed by atoms with Gasteiger partial charge in [0.15, 0.2) is 0 Å². The van der Waals surface area contributed by atoms with Crippen molar-refractivity contribution in [3.63, 3.8) is 0 Å². The average Bonchev–Trinajstić information content (AvgIpc) is 2.42. The van der Waals surface area contributed by atoms with Gasteiger partial charge in [0.2, 0.25) is 0 Å². The molecule has 1 heterocycles. The maximum atomic E-state index is 13.4. The molecule has 0 fully saturated rings. The fourth-order valence-electron chi connectivity index (χ4n) is 2.05. The van der Waals surface area contributed by atoms with E-state index in [0.717, 1.165) is 18.5 Å². The number of hydrogen-bond acceptors (Lipinski definition) is 2. The van der Waals surface area contributed by atoms with Crippen LogP contribution in [0.4, 0.5) is 4.39 Å². The second-order valence-corrected chi connectivity index (χ2v) is 5.27. The highest BCUT2D eigenvalue weighted by Gasteiger charge is 2.20. The van der Waals surface area contributed by atoms with Crippen LogP contribution in [-0.2, 0) is 0 Å². The van der Waals surface area contributed by atoms with Gasteiger partial charge in [-0.2, -0.15) is 0 Å². The summed E-state index contributed by atoms with van der Waals surface area (Å²) in [5, 5.41) is 4.44. The largest absolute Gasteiger partial charge is 0.306 e. The van der Waals surface area contributed by atoms with Crippen LogP contribution < -0.4 is 5.32 Å². The van der Waals surface area contributed by atoms with Crippen LogP contribution in [-0.4, -0.2) is 11.5 Å². The Morgan fingerprint density at radius 1 is 1.25 bits per heavy atom. The summed E-state index contributed by atoms with van der Waals surface area (Å²) in [6.45, 7) is 2.82. The van der Waals surface area contributed by atoms with Crippen molar-refractivity contribution in [2.75, 3.05) is 6.54 Å². The molecule has 5 heteroatoms. The van der Waals surface area contributed by atoms with Crippen LogP contribution in [0.5, 0.6) is 0 Å². The highest BCUT2D eigenvalue weighted by molar-refractivity contribution is 6.36. The summed E-state index contributed by atoms with van der Waals surface area (Å²) in [6.07, 6.45) is 3.74. The number of benzene rings is 1. The van der Waals surface area contributed by atoms with Crippen molar-refractivity contribution in [3.8, 4) is 0 Å². The molecule has 0 aliphatic carbocycles. The van der Waals surface area contributed by atoms with Crippen LogP contribution in [0, 0.1) is 5.82 Å². The van der Waals surface area contributed by atoms with Gasteiger partial charge in [-0.3, -0.25) is 4.98 Å². The molecule has 0 bridgehead atoms. The maximum Gasteiger partial charge on any atom is 0.141 e. The van der Waals surface area contributed by atoms with Gasteiger partial charge < -0.3 is 5.32 Å². The van der Waals surface area contributed by atoms with Gasteiger partial charge >= 0.3 is 0 Å². The predicted molar refractivity (Wildman–Crippen MR) is 80.8 cm³/mol. The average molecular weight is 313 g/mol. The molecule has 0 saturated carbocycles. The van der Waals surface area contributed by atoms with Gasteiger partial charge in [-0.1, -0.05) is 36.2 Å². The minimum Gasteiger partial charge on any atom is -0.306 e. The topological polar surface area (TPSA) is 24.9 Å². The third-order valence-corrected chi connectivity index (χ3v) is 3.61. The molecule has 0 amide bonds. The molecule has 0 aliphatic rings. The van der Waals surface area contributed by atoms with Crippen molar-refractivity contribution in [2.24, 2.45) is 0 Å². The Bertz CT molecular complexity index is 570. The number of nitrogens with one attached hydrogen (secondary N) is 1. The van der Waals surface area contributed by atoms with Crippen LogP contribution in [0.25, 0.3) is 0 Å².